The Balaban J connectivity index is -0.000000389. The van der Waals surface area contributed by atoms with Crippen molar-refractivity contribution in [1.29, 1.82) is 0 Å². The van der Waals surface area contributed by atoms with E-state index in [2.05, 4.69) is 37.3 Å². The largest absolute Gasteiger partial charge is 0.663 e. The molecule has 1 aromatic heterocycles. The number of aliphatic imine (C=N–C) groups is 1. The SMILES string of the molecule is C.CN=C=S.CN=c1[n-]c(=O)c2ccccc2[nH]1.[NH-]C(=O)c1ccccc1N.[Y].[Y]. The maximum absolute atomic E-state index is 11.4. The molecule has 0 bridgehead atoms. The van der Waals surface area contributed by atoms with E-state index in [9.17, 15) is 9.59 Å². The number of nitrogens with one attached hydrogen (secondary N) is 2. The van der Waals surface area contributed by atoms with E-state index in [1.54, 1.807) is 38.4 Å². The second-order valence-electron chi connectivity index (χ2n) is 4.87. The van der Waals surface area contributed by atoms with Gasteiger partial charge in [0.05, 0.1) is 11.1 Å². The smallest absolute Gasteiger partial charge is 0.211 e. The number of para-hydroxylation sites is 2. The van der Waals surface area contributed by atoms with Gasteiger partial charge in [-0.15, -0.1) is 0 Å². The molecule has 0 saturated carbocycles. The average Bonchev–Trinajstić information content (AvgIpc) is 2.68. The quantitative estimate of drug-likeness (QED) is 0.261. The summed E-state index contributed by atoms with van der Waals surface area (Å²) < 4.78 is 0. The van der Waals surface area contributed by atoms with Gasteiger partial charge in [0, 0.05) is 94.7 Å². The first kappa shape index (κ1) is 33.3. The van der Waals surface area contributed by atoms with Crippen molar-refractivity contribution in [2.24, 2.45) is 9.98 Å². The maximum Gasteiger partial charge on any atom is 0.211 e. The van der Waals surface area contributed by atoms with Gasteiger partial charge in [-0.25, -0.2) is 4.99 Å². The van der Waals surface area contributed by atoms with Crippen molar-refractivity contribution in [3.8, 4) is 0 Å². The maximum atomic E-state index is 11.4. The number of carbonyl (C=O) groups is 1. The van der Waals surface area contributed by atoms with Crippen LogP contribution in [0.15, 0.2) is 63.3 Å². The van der Waals surface area contributed by atoms with Gasteiger partial charge >= 0.3 is 0 Å². The van der Waals surface area contributed by atoms with Crippen molar-refractivity contribution < 1.29 is 70.2 Å². The number of hydrogen-bond acceptors (Lipinski definition) is 6. The molecule has 0 fully saturated rings. The van der Waals surface area contributed by atoms with Crippen LogP contribution in [0.25, 0.3) is 16.6 Å². The molecular weight excluding hydrogens is 554 g/mol. The molecule has 0 unspecified atom stereocenters. The van der Waals surface area contributed by atoms with E-state index >= 15 is 0 Å². The molecule has 0 aliphatic heterocycles. The summed E-state index contributed by atoms with van der Waals surface area (Å²) in [5, 5.41) is 2.73. The molecule has 0 aliphatic rings. The number of aromatic nitrogens is 2. The topological polar surface area (TPSA) is 139 Å². The second-order valence-corrected chi connectivity index (χ2v) is 5.05. The van der Waals surface area contributed by atoms with Crippen LogP contribution in [0.5, 0.6) is 0 Å². The molecule has 0 aliphatic carbocycles. The molecule has 4 N–H and O–H groups in total. The summed E-state index contributed by atoms with van der Waals surface area (Å²) in [6.45, 7) is 0. The monoisotopic (exact) mass is 576 g/mol. The van der Waals surface area contributed by atoms with Crippen LogP contribution in [0.3, 0.4) is 0 Å². The van der Waals surface area contributed by atoms with Crippen LogP contribution in [0.1, 0.15) is 17.8 Å². The molecule has 3 aromatic rings. The van der Waals surface area contributed by atoms with E-state index in [1.807, 2.05) is 18.2 Å². The summed E-state index contributed by atoms with van der Waals surface area (Å²) in [6, 6.07) is 13.8. The third-order valence-corrected chi connectivity index (χ3v) is 3.30. The summed E-state index contributed by atoms with van der Waals surface area (Å²) in [4.78, 5) is 35.6. The van der Waals surface area contributed by atoms with E-state index in [1.165, 1.54) is 6.07 Å². The molecule has 154 valence electrons. The summed E-state index contributed by atoms with van der Waals surface area (Å²) in [5.41, 5.74) is 13.6. The zero-order chi connectivity index (χ0) is 20.2. The van der Waals surface area contributed by atoms with Gasteiger partial charge in [0.25, 0.3) is 0 Å². The number of nitrogens with zero attached hydrogens (tertiary/aromatic N) is 3. The second kappa shape index (κ2) is 18.4. The van der Waals surface area contributed by atoms with Gasteiger partial charge < -0.3 is 31.2 Å². The number of isothiocyanates is 1. The number of rotatable bonds is 1. The Labute approximate surface area is 230 Å². The van der Waals surface area contributed by atoms with Crippen molar-refractivity contribution in [3.05, 3.63) is 75.8 Å². The number of benzene rings is 2. The molecular formula is C19H22N6O2SY2-2. The fourth-order valence-corrected chi connectivity index (χ4v) is 1.89. The number of anilines is 1. The summed E-state index contributed by atoms with van der Waals surface area (Å²) in [5.74, 6) is -0.738. The first-order chi connectivity index (χ1) is 12.9. The fraction of sp³-hybridized carbons (Fsp3) is 0.158. The molecule has 0 spiro atoms. The standard InChI is InChI=1S/C9H9N3O.C7H8N2O.C2H3NS.CH4.2Y/c1-10-9-11-7-5-3-2-4-6(7)8(13)12-9;8-6-4-2-1-3-5(6)7(9)10;1-3-2-4;;;/h2-5H,1H3,(H2,10,11,12,13);1-4H,(H4,8,9,10);1H3;1H4;;/p-2. The number of aromatic amines is 1. The molecule has 2 radical (unpaired) electrons. The number of nitrogen functional groups attached to an aromatic ring is 1. The van der Waals surface area contributed by atoms with E-state index < -0.39 is 5.91 Å². The summed E-state index contributed by atoms with van der Waals surface area (Å²) in [7, 11) is 3.18. The number of hydrogen-bond donors (Lipinski definition) is 2. The van der Waals surface area contributed by atoms with Gasteiger partial charge in [0.2, 0.25) is 5.56 Å². The van der Waals surface area contributed by atoms with Gasteiger partial charge in [-0.3, -0.25) is 4.79 Å². The molecule has 8 nitrogen and oxygen atoms in total. The Morgan fingerprint density at radius 3 is 2.13 bits per heavy atom. The zero-order valence-corrected chi connectivity index (χ0v) is 22.4. The van der Waals surface area contributed by atoms with Crippen molar-refractivity contribution >= 4 is 39.9 Å². The van der Waals surface area contributed by atoms with Crippen LogP contribution in [-0.4, -0.2) is 30.1 Å². The minimum Gasteiger partial charge on any atom is -0.663 e. The summed E-state index contributed by atoms with van der Waals surface area (Å²) >= 11 is 4.14. The normalized spacial score (nSPS) is 8.93. The Morgan fingerprint density at radius 1 is 1.13 bits per heavy atom. The van der Waals surface area contributed by atoms with Crippen LogP contribution in [0, 0.1) is 0 Å². The Bertz CT molecular complexity index is 1090. The summed E-state index contributed by atoms with van der Waals surface area (Å²) in [6.07, 6.45) is 0. The van der Waals surface area contributed by atoms with Crippen LogP contribution in [-0.2, 0) is 65.4 Å². The Hall–Kier alpha value is -1.34. The first-order valence-electron chi connectivity index (χ1n) is 7.59. The van der Waals surface area contributed by atoms with Crippen molar-refractivity contribution in [3.63, 3.8) is 0 Å². The van der Waals surface area contributed by atoms with E-state index in [0.29, 0.717) is 16.7 Å². The molecule has 0 saturated heterocycles. The minimum atomic E-state index is -0.738. The molecule has 11 heteroatoms. The minimum absolute atomic E-state index is 0. The van der Waals surface area contributed by atoms with Crippen molar-refractivity contribution in [1.82, 2.24) is 9.97 Å². The number of carbonyl (C=O) groups excluding carboxylic acids is 1. The van der Waals surface area contributed by atoms with Gasteiger partial charge in [-0.05, 0) is 30.8 Å². The van der Waals surface area contributed by atoms with Gasteiger partial charge in [-0.2, -0.15) is 0 Å². The van der Waals surface area contributed by atoms with E-state index in [4.69, 9.17) is 11.5 Å². The molecule has 1 amide bonds. The van der Waals surface area contributed by atoms with Crippen molar-refractivity contribution in [2.75, 3.05) is 19.8 Å². The third kappa shape index (κ3) is 11.2. The molecule has 2 aromatic carbocycles. The third-order valence-electron chi connectivity index (χ3n) is 3.12. The fourth-order valence-electron chi connectivity index (χ4n) is 1.89. The molecule has 1 heterocycles. The van der Waals surface area contributed by atoms with E-state index in [-0.39, 0.29) is 84.0 Å². The van der Waals surface area contributed by atoms with E-state index in [0.717, 1.165) is 5.52 Å². The van der Waals surface area contributed by atoms with Crippen LogP contribution < -0.4 is 21.9 Å². The number of H-pyrrole nitrogens is 1. The molecule has 30 heavy (non-hydrogen) atoms. The number of amides is 1. The van der Waals surface area contributed by atoms with Gasteiger partial charge in [0.1, 0.15) is 0 Å². The number of fused-ring (bicyclic) bond motifs is 1. The average molecular weight is 576 g/mol. The number of thiocarbonyl (C=S) groups is 1. The Kier molecular flexibility index (Phi) is 20.5. The van der Waals surface area contributed by atoms with Crippen LogP contribution >= 0.6 is 12.2 Å². The van der Waals surface area contributed by atoms with Crippen LogP contribution in [0.4, 0.5) is 5.69 Å². The first-order valence-corrected chi connectivity index (χ1v) is 8.00. The van der Waals surface area contributed by atoms with Crippen molar-refractivity contribution in [2.45, 2.75) is 7.43 Å². The molecule has 0 atom stereocenters. The molecule has 3 rings (SSSR count). The van der Waals surface area contributed by atoms with Gasteiger partial charge in [-0.1, -0.05) is 49.9 Å². The number of nitrogens with two attached hydrogens (primary N) is 1. The zero-order valence-electron chi connectivity index (χ0n) is 15.9. The van der Waals surface area contributed by atoms with Crippen LogP contribution in [0.2, 0.25) is 0 Å². The van der Waals surface area contributed by atoms with Gasteiger partial charge in [0.15, 0.2) is 0 Å². The predicted molar refractivity (Wildman–Crippen MR) is 117 cm³/mol. The predicted octanol–water partition coefficient (Wildman–Crippen LogP) is 2.83. The Morgan fingerprint density at radius 2 is 1.67 bits per heavy atom.